The van der Waals surface area contributed by atoms with Crippen molar-refractivity contribution in [3.05, 3.63) is 34.3 Å². The molecule has 0 amide bonds. The predicted molar refractivity (Wildman–Crippen MR) is 74.1 cm³/mol. The molecule has 0 heterocycles. The largest absolute Gasteiger partial charge is 0.384 e. The number of halogens is 1. The van der Waals surface area contributed by atoms with Gasteiger partial charge in [-0.15, -0.1) is 0 Å². The Morgan fingerprint density at radius 1 is 1.44 bits per heavy atom. The Labute approximate surface area is 113 Å². The minimum atomic E-state index is 0.0364. The standard InChI is InChI=1S/C14H19ClN2O/c15-13-8-11(14(16)17)4-5-12(13)9-18-7-6-10-2-1-3-10/h4-5,8,10H,1-3,6-7,9H2,(H3,16,17). The van der Waals surface area contributed by atoms with Crippen LogP contribution >= 0.6 is 11.6 Å². The molecule has 3 N–H and O–H groups in total. The van der Waals surface area contributed by atoms with Crippen molar-refractivity contribution in [2.24, 2.45) is 11.7 Å². The molecule has 4 heteroatoms. The Bertz CT molecular complexity index is 430. The minimum Gasteiger partial charge on any atom is -0.384 e. The van der Waals surface area contributed by atoms with E-state index in [9.17, 15) is 0 Å². The van der Waals surface area contributed by atoms with Crippen molar-refractivity contribution >= 4 is 17.4 Å². The Morgan fingerprint density at radius 3 is 2.78 bits per heavy atom. The quantitative estimate of drug-likeness (QED) is 0.471. The molecule has 1 aromatic carbocycles. The average molecular weight is 267 g/mol. The van der Waals surface area contributed by atoms with Gasteiger partial charge in [-0.2, -0.15) is 0 Å². The van der Waals surface area contributed by atoms with E-state index in [-0.39, 0.29) is 5.84 Å². The normalized spacial score (nSPS) is 15.4. The molecule has 3 nitrogen and oxygen atoms in total. The van der Waals surface area contributed by atoms with Gasteiger partial charge in [-0.3, -0.25) is 5.41 Å². The summed E-state index contributed by atoms with van der Waals surface area (Å²) in [7, 11) is 0. The second-order valence-electron chi connectivity index (χ2n) is 4.86. The highest BCUT2D eigenvalue weighted by atomic mass is 35.5. The molecule has 1 aliphatic rings. The van der Waals surface area contributed by atoms with Crippen LogP contribution in [0.2, 0.25) is 5.02 Å². The number of nitrogen functional groups attached to an aromatic ring is 1. The Hall–Kier alpha value is -1.06. The van der Waals surface area contributed by atoms with Crippen LogP contribution in [0, 0.1) is 11.3 Å². The van der Waals surface area contributed by atoms with Gasteiger partial charge in [-0.25, -0.2) is 0 Å². The molecule has 0 aromatic heterocycles. The molecular formula is C14H19ClN2O. The molecule has 0 radical (unpaired) electrons. The first-order valence-corrected chi connectivity index (χ1v) is 6.75. The smallest absolute Gasteiger partial charge is 0.122 e. The van der Waals surface area contributed by atoms with Crippen molar-refractivity contribution in [2.45, 2.75) is 32.3 Å². The zero-order valence-corrected chi connectivity index (χ0v) is 11.2. The van der Waals surface area contributed by atoms with Crippen LogP contribution in [0.25, 0.3) is 0 Å². The number of benzene rings is 1. The summed E-state index contributed by atoms with van der Waals surface area (Å²) in [5, 5.41) is 7.95. The highest BCUT2D eigenvalue weighted by Gasteiger charge is 2.16. The third-order valence-electron chi connectivity index (χ3n) is 3.52. The molecule has 98 valence electrons. The summed E-state index contributed by atoms with van der Waals surface area (Å²) < 4.78 is 5.64. The molecule has 1 saturated carbocycles. The fourth-order valence-corrected chi connectivity index (χ4v) is 2.28. The van der Waals surface area contributed by atoms with Crippen LogP contribution in [0.3, 0.4) is 0 Å². The Morgan fingerprint density at radius 2 is 2.22 bits per heavy atom. The fourth-order valence-electron chi connectivity index (χ4n) is 2.05. The van der Waals surface area contributed by atoms with Gasteiger partial charge in [0.2, 0.25) is 0 Å². The summed E-state index contributed by atoms with van der Waals surface area (Å²) in [5.74, 6) is 0.912. The van der Waals surface area contributed by atoms with Crippen LogP contribution in [-0.2, 0) is 11.3 Å². The summed E-state index contributed by atoms with van der Waals surface area (Å²) in [6, 6.07) is 5.40. The first-order chi connectivity index (χ1) is 8.66. The number of nitrogens with one attached hydrogen (secondary N) is 1. The average Bonchev–Trinajstić information content (AvgIpc) is 2.28. The number of hydrogen-bond acceptors (Lipinski definition) is 2. The second-order valence-corrected chi connectivity index (χ2v) is 5.27. The summed E-state index contributed by atoms with van der Waals surface area (Å²) in [4.78, 5) is 0. The Kier molecular flexibility index (Phi) is 4.61. The maximum Gasteiger partial charge on any atom is 0.122 e. The molecule has 1 fully saturated rings. The lowest BCUT2D eigenvalue weighted by molar-refractivity contribution is 0.0950. The van der Waals surface area contributed by atoms with E-state index in [2.05, 4.69) is 0 Å². The molecule has 0 atom stereocenters. The summed E-state index contributed by atoms with van der Waals surface area (Å²) >= 11 is 6.12. The van der Waals surface area contributed by atoms with Crippen molar-refractivity contribution < 1.29 is 4.74 Å². The zero-order chi connectivity index (χ0) is 13.0. The van der Waals surface area contributed by atoms with Gasteiger partial charge in [-0.1, -0.05) is 43.0 Å². The van der Waals surface area contributed by atoms with Crippen molar-refractivity contribution in [1.29, 1.82) is 5.41 Å². The van der Waals surface area contributed by atoms with Crippen molar-refractivity contribution in [2.75, 3.05) is 6.61 Å². The third kappa shape index (κ3) is 3.47. The molecule has 2 rings (SSSR count). The van der Waals surface area contributed by atoms with Crippen LogP contribution in [0.4, 0.5) is 0 Å². The number of nitrogens with two attached hydrogens (primary N) is 1. The molecule has 0 unspecified atom stereocenters. The molecule has 0 aliphatic heterocycles. The third-order valence-corrected chi connectivity index (χ3v) is 3.87. The summed E-state index contributed by atoms with van der Waals surface area (Å²) in [5.41, 5.74) is 7.01. The van der Waals surface area contributed by atoms with Gasteiger partial charge in [0.25, 0.3) is 0 Å². The van der Waals surface area contributed by atoms with Gasteiger partial charge in [-0.05, 0) is 24.0 Å². The maximum atomic E-state index is 7.33. The number of hydrogen-bond donors (Lipinski definition) is 2. The van der Waals surface area contributed by atoms with Crippen LogP contribution < -0.4 is 5.73 Å². The van der Waals surface area contributed by atoms with Gasteiger partial charge in [0.15, 0.2) is 0 Å². The highest BCUT2D eigenvalue weighted by molar-refractivity contribution is 6.31. The molecule has 1 aliphatic carbocycles. The van der Waals surface area contributed by atoms with Gasteiger partial charge >= 0.3 is 0 Å². The molecule has 0 bridgehead atoms. The lowest BCUT2D eigenvalue weighted by Gasteiger charge is -2.24. The lowest BCUT2D eigenvalue weighted by Crippen LogP contribution is -2.13. The zero-order valence-electron chi connectivity index (χ0n) is 10.4. The maximum absolute atomic E-state index is 7.33. The van der Waals surface area contributed by atoms with Gasteiger partial charge in [0.1, 0.15) is 5.84 Å². The van der Waals surface area contributed by atoms with Crippen LogP contribution in [0.15, 0.2) is 18.2 Å². The van der Waals surface area contributed by atoms with E-state index in [1.807, 2.05) is 6.07 Å². The molecular weight excluding hydrogens is 248 g/mol. The first kappa shape index (κ1) is 13.4. The fraction of sp³-hybridized carbons (Fsp3) is 0.500. The van der Waals surface area contributed by atoms with Gasteiger partial charge < -0.3 is 10.5 Å². The van der Waals surface area contributed by atoms with Crippen molar-refractivity contribution in [1.82, 2.24) is 0 Å². The predicted octanol–water partition coefficient (Wildman–Crippen LogP) is 3.33. The number of ether oxygens (including phenoxy) is 1. The SMILES string of the molecule is N=C(N)c1ccc(COCCC2CCC2)c(Cl)c1. The van der Waals surface area contributed by atoms with E-state index in [1.54, 1.807) is 12.1 Å². The summed E-state index contributed by atoms with van der Waals surface area (Å²) in [6.45, 7) is 1.33. The van der Waals surface area contributed by atoms with E-state index in [1.165, 1.54) is 19.3 Å². The van der Waals surface area contributed by atoms with Crippen LogP contribution in [0.5, 0.6) is 0 Å². The highest BCUT2D eigenvalue weighted by Crippen LogP contribution is 2.29. The lowest BCUT2D eigenvalue weighted by atomic mass is 9.83. The van der Waals surface area contributed by atoms with E-state index in [0.29, 0.717) is 17.2 Å². The second kappa shape index (κ2) is 6.21. The van der Waals surface area contributed by atoms with Crippen molar-refractivity contribution in [3.63, 3.8) is 0 Å². The van der Waals surface area contributed by atoms with E-state index < -0.39 is 0 Å². The van der Waals surface area contributed by atoms with E-state index in [0.717, 1.165) is 24.5 Å². The monoisotopic (exact) mass is 266 g/mol. The van der Waals surface area contributed by atoms with Gasteiger partial charge in [0, 0.05) is 17.2 Å². The first-order valence-electron chi connectivity index (χ1n) is 6.37. The topological polar surface area (TPSA) is 59.1 Å². The van der Waals surface area contributed by atoms with Crippen LogP contribution in [0.1, 0.15) is 36.8 Å². The van der Waals surface area contributed by atoms with E-state index >= 15 is 0 Å². The van der Waals surface area contributed by atoms with Gasteiger partial charge in [0.05, 0.1) is 6.61 Å². The molecule has 18 heavy (non-hydrogen) atoms. The van der Waals surface area contributed by atoms with Crippen molar-refractivity contribution in [3.8, 4) is 0 Å². The Balaban J connectivity index is 1.79. The summed E-state index contributed by atoms with van der Waals surface area (Å²) in [6.07, 6.45) is 5.25. The molecule has 0 spiro atoms. The van der Waals surface area contributed by atoms with Crippen LogP contribution in [-0.4, -0.2) is 12.4 Å². The number of rotatable bonds is 6. The number of amidine groups is 1. The molecule has 1 aromatic rings. The van der Waals surface area contributed by atoms with E-state index in [4.69, 9.17) is 27.5 Å². The molecule has 0 saturated heterocycles. The minimum absolute atomic E-state index is 0.0364.